The second-order valence-corrected chi connectivity index (χ2v) is 5.70. The molecule has 1 rings (SSSR count). The molecule has 0 atom stereocenters. The Labute approximate surface area is 146 Å². The zero-order chi connectivity index (χ0) is 17.8. The van der Waals surface area contributed by atoms with Crippen LogP contribution in [-0.2, 0) is 0 Å². The van der Waals surface area contributed by atoms with E-state index in [0.29, 0.717) is 12.0 Å². The number of aryl methyl sites for hydroxylation is 1. The van der Waals surface area contributed by atoms with Crippen LogP contribution in [0.2, 0.25) is 0 Å². The number of allylic oxidation sites excluding steroid dienone is 9. The standard InChI is InChI=1S/C23H27F/c1-5-7-8-9-10-12-21(11-6-2)15-18-23(24)20(4)22-16-13-19(3)14-17-22/h5-6,10-14,16-18H,1-2,4,7-9,15H2,3H3/b12-10-,21-11+,23-18+. The molecule has 0 fully saturated rings. The number of benzene rings is 1. The summed E-state index contributed by atoms with van der Waals surface area (Å²) in [6.45, 7) is 13.3. The Morgan fingerprint density at radius 1 is 1.12 bits per heavy atom. The number of rotatable bonds is 10. The summed E-state index contributed by atoms with van der Waals surface area (Å²) in [7, 11) is 0. The van der Waals surface area contributed by atoms with Crippen LogP contribution < -0.4 is 0 Å². The largest absolute Gasteiger partial charge is 0.207 e. The van der Waals surface area contributed by atoms with Crippen LogP contribution in [0.15, 0.2) is 91.9 Å². The fraction of sp³-hybridized carbons (Fsp3) is 0.217. The highest BCUT2D eigenvalue weighted by Crippen LogP contribution is 2.24. The molecule has 0 aliphatic carbocycles. The third-order valence-corrected chi connectivity index (χ3v) is 3.65. The topological polar surface area (TPSA) is 0 Å². The van der Waals surface area contributed by atoms with E-state index in [1.54, 1.807) is 12.2 Å². The van der Waals surface area contributed by atoms with Gasteiger partial charge in [0.05, 0.1) is 0 Å². The molecule has 0 spiro atoms. The third-order valence-electron chi connectivity index (χ3n) is 3.65. The molecule has 0 aliphatic heterocycles. The molecule has 24 heavy (non-hydrogen) atoms. The lowest BCUT2D eigenvalue weighted by Gasteiger charge is -2.05. The van der Waals surface area contributed by atoms with Crippen LogP contribution in [-0.4, -0.2) is 0 Å². The minimum Gasteiger partial charge on any atom is -0.207 e. The van der Waals surface area contributed by atoms with Gasteiger partial charge in [0.2, 0.25) is 0 Å². The minimum absolute atomic E-state index is 0.283. The summed E-state index contributed by atoms with van der Waals surface area (Å²) < 4.78 is 14.3. The molecule has 0 N–H and O–H groups in total. The Kier molecular flexibility index (Phi) is 9.14. The summed E-state index contributed by atoms with van der Waals surface area (Å²) in [5.74, 6) is -0.283. The summed E-state index contributed by atoms with van der Waals surface area (Å²) in [4.78, 5) is 0. The van der Waals surface area contributed by atoms with Crippen LogP contribution >= 0.6 is 0 Å². The summed E-state index contributed by atoms with van der Waals surface area (Å²) in [5.41, 5.74) is 3.40. The highest BCUT2D eigenvalue weighted by molar-refractivity contribution is 5.75. The van der Waals surface area contributed by atoms with Crippen molar-refractivity contribution in [3.63, 3.8) is 0 Å². The maximum absolute atomic E-state index is 14.3. The van der Waals surface area contributed by atoms with Gasteiger partial charge >= 0.3 is 0 Å². The molecule has 0 unspecified atom stereocenters. The van der Waals surface area contributed by atoms with Gasteiger partial charge in [0.1, 0.15) is 5.83 Å². The quantitative estimate of drug-likeness (QED) is 0.241. The van der Waals surface area contributed by atoms with E-state index in [0.717, 1.165) is 36.0 Å². The molecule has 1 heteroatoms. The van der Waals surface area contributed by atoms with Crippen LogP contribution in [0.4, 0.5) is 4.39 Å². The van der Waals surface area contributed by atoms with Gasteiger partial charge in [0, 0.05) is 5.57 Å². The first-order valence-electron chi connectivity index (χ1n) is 8.29. The fourth-order valence-corrected chi connectivity index (χ4v) is 2.18. The molecule has 0 amide bonds. The lowest BCUT2D eigenvalue weighted by molar-refractivity contribution is 0.669. The molecule has 0 aliphatic rings. The van der Waals surface area contributed by atoms with Crippen molar-refractivity contribution in [1.29, 1.82) is 0 Å². The van der Waals surface area contributed by atoms with Gasteiger partial charge in [-0.15, -0.1) is 6.58 Å². The van der Waals surface area contributed by atoms with Crippen molar-refractivity contribution in [1.82, 2.24) is 0 Å². The Bertz CT molecular complexity index is 639. The normalized spacial score (nSPS) is 12.4. The fourth-order valence-electron chi connectivity index (χ4n) is 2.18. The summed E-state index contributed by atoms with van der Waals surface area (Å²) >= 11 is 0. The van der Waals surface area contributed by atoms with Gasteiger partial charge in [0.25, 0.3) is 0 Å². The number of hydrogen-bond acceptors (Lipinski definition) is 0. The summed E-state index contributed by atoms with van der Waals surface area (Å²) in [6, 6.07) is 7.71. The smallest absolute Gasteiger partial charge is 0.126 e. The monoisotopic (exact) mass is 322 g/mol. The first kappa shape index (κ1) is 19.6. The van der Waals surface area contributed by atoms with Crippen molar-refractivity contribution in [3.8, 4) is 0 Å². The lowest BCUT2D eigenvalue weighted by atomic mass is 10.0. The Balaban J connectivity index is 2.69. The Hall–Kier alpha value is -2.41. The second kappa shape index (κ2) is 11.2. The van der Waals surface area contributed by atoms with Gasteiger partial charge in [-0.1, -0.05) is 73.4 Å². The van der Waals surface area contributed by atoms with Gasteiger partial charge in [-0.2, -0.15) is 0 Å². The zero-order valence-corrected chi connectivity index (χ0v) is 14.6. The zero-order valence-electron chi connectivity index (χ0n) is 14.6. The molecule has 0 heterocycles. The molecule has 0 saturated carbocycles. The third kappa shape index (κ3) is 7.23. The van der Waals surface area contributed by atoms with Crippen LogP contribution in [0.1, 0.15) is 36.8 Å². The predicted molar refractivity (Wildman–Crippen MR) is 105 cm³/mol. The van der Waals surface area contributed by atoms with E-state index in [1.807, 2.05) is 49.4 Å². The van der Waals surface area contributed by atoms with E-state index in [4.69, 9.17) is 0 Å². The molecule has 0 nitrogen and oxygen atoms in total. The van der Waals surface area contributed by atoms with Crippen molar-refractivity contribution in [2.45, 2.75) is 32.6 Å². The highest BCUT2D eigenvalue weighted by Gasteiger charge is 2.04. The SMILES string of the molecule is C=C/C=C(\C=C/CCCC=C)C/C=C(/F)C(=C)c1ccc(C)cc1. The lowest BCUT2D eigenvalue weighted by Crippen LogP contribution is -1.85. The maximum Gasteiger partial charge on any atom is 0.126 e. The van der Waals surface area contributed by atoms with E-state index in [-0.39, 0.29) is 5.83 Å². The van der Waals surface area contributed by atoms with Gasteiger partial charge in [0.15, 0.2) is 0 Å². The van der Waals surface area contributed by atoms with Crippen LogP contribution in [0.25, 0.3) is 5.57 Å². The van der Waals surface area contributed by atoms with Crippen molar-refractivity contribution in [2.75, 3.05) is 0 Å². The minimum atomic E-state index is -0.283. The molecule has 0 bridgehead atoms. The van der Waals surface area contributed by atoms with E-state index in [9.17, 15) is 4.39 Å². The van der Waals surface area contributed by atoms with Crippen LogP contribution in [0.3, 0.4) is 0 Å². The molecule has 0 saturated heterocycles. The number of halogens is 1. The highest BCUT2D eigenvalue weighted by atomic mass is 19.1. The van der Waals surface area contributed by atoms with Crippen molar-refractivity contribution >= 4 is 5.57 Å². The van der Waals surface area contributed by atoms with Crippen molar-refractivity contribution in [2.24, 2.45) is 0 Å². The summed E-state index contributed by atoms with van der Waals surface area (Å²) in [5, 5.41) is 0. The number of hydrogen-bond donors (Lipinski definition) is 0. The first-order chi connectivity index (χ1) is 11.6. The number of unbranched alkanes of at least 4 members (excludes halogenated alkanes) is 2. The average molecular weight is 322 g/mol. The predicted octanol–water partition coefficient (Wildman–Crippen LogP) is 7.28. The van der Waals surface area contributed by atoms with E-state index in [1.165, 1.54) is 0 Å². The van der Waals surface area contributed by atoms with Gasteiger partial charge in [-0.25, -0.2) is 4.39 Å². The maximum atomic E-state index is 14.3. The van der Waals surface area contributed by atoms with Gasteiger partial charge < -0.3 is 0 Å². The van der Waals surface area contributed by atoms with Crippen LogP contribution in [0.5, 0.6) is 0 Å². The molecular weight excluding hydrogens is 295 g/mol. The average Bonchev–Trinajstić information content (AvgIpc) is 2.59. The molecular formula is C23H27F. The molecule has 1 aromatic rings. The van der Waals surface area contributed by atoms with Crippen molar-refractivity contribution in [3.05, 3.63) is 103 Å². The molecule has 0 radical (unpaired) electrons. The summed E-state index contributed by atoms with van der Waals surface area (Å²) in [6.07, 6.45) is 14.9. The van der Waals surface area contributed by atoms with Crippen molar-refractivity contribution < 1.29 is 4.39 Å². The Morgan fingerprint density at radius 3 is 2.46 bits per heavy atom. The first-order valence-corrected chi connectivity index (χ1v) is 8.29. The molecule has 1 aromatic carbocycles. The van der Waals surface area contributed by atoms with E-state index < -0.39 is 0 Å². The van der Waals surface area contributed by atoms with Gasteiger partial charge in [-0.05, 0) is 49.8 Å². The van der Waals surface area contributed by atoms with Crippen LogP contribution in [0, 0.1) is 6.92 Å². The van der Waals surface area contributed by atoms with E-state index in [2.05, 4.69) is 25.8 Å². The molecule has 0 aromatic heterocycles. The second-order valence-electron chi connectivity index (χ2n) is 5.70. The van der Waals surface area contributed by atoms with E-state index >= 15 is 0 Å². The van der Waals surface area contributed by atoms with Gasteiger partial charge in [-0.3, -0.25) is 0 Å². The molecule has 126 valence electrons. The Morgan fingerprint density at radius 2 is 1.83 bits per heavy atom.